The number of thiol groups is 2. The molecule has 1 heterocycles. The summed E-state index contributed by atoms with van der Waals surface area (Å²) in [6.45, 7) is 16.5. The first-order valence-corrected chi connectivity index (χ1v) is 7.83. The summed E-state index contributed by atoms with van der Waals surface area (Å²) in [6.07, 6.45) is 0. The zero-order valence-corrected chi connectivity index (χ0v) is 14.5. The zero-order valence-electron chi connectivity index (χ0n) is 12.7. The van der Waals surface area contributed by atoms with Gasteiger partial charge in [-0.15, -0.1) is 0 Å². The first-order chi connectivity index (χ1) is 7.98. The van der Waals surface area contributed by atoms with Crippen LogP contribution in [0.4, 0.5) is 0 Å². The van der Waals surface area contributed by atoms with E-state index in [1.54, 1.807) is 0 Å². The lowest BCUT2D eigenvalue weighted by Crippen LogP contribution is -2.57. The molecular weight excluding hydrogens is 260 g/mol. The quantitative estimate of drug-likeness (QED) is 0.516. The predicted molar refractivity (Wildman–Crippen MR) is 88.1 cm³/mol. The Morgan fingerprint density at radius 1 is 0.778 bits per heavy atom. The second-order valence-electron chi connectivity index (χ2n) is 7.71. The molecule has 1 fully saturated rings. The lowest BCUT2D eigenvalue weighted by atomic mass is 9.76. The van der Waals surface area contributed by atoms with Crippen molar-refractivity contribution in [3.05, 3.63) is 0 Å². The highest BCUT2D eigenvalue weighted by Crippen LogP contribution is 2.38. The van der Waals surface area contributed by atoms with Crippen molar-refractivity contribution in [2.24, 2.45) is 10.8 Å². The summed E-state index contributed by atoms with van der Waals surface area (Å²) < 4.78 is 0. The van der Waals surface area contributed by atoms with Gasteiger partial charge in [0.25, 0.3) is 0 Å². The summed E-state index contributed by atoms with van der Waals surface area (Å²) in [7, 11) is 0. The van der Waals surface area contributed by atoms with Gasteiger partial charge in [0.1, 0.15) is 0 Å². The SMILES string of the molecule is CC1(C)CNCC(C)(C)C(S)C(S)C(C)(C)CN1. The summed E-state index contributed by atoms with van der Waals surface area (Å²) in [4.78, 5) is 0. The topological polar surface area (TPSA) is 24.1 Å². The Morgan fingerprint density at radius 3 is 1.72 bits per heavy atom. The molecule has 4 heteroatoms. The summed E-state index contributed by atoms with van der Waals surface area (Å²) in [6, 6.07) is 0. The Balaban J connectivity index is 2.95. The van der Waals surface area contributed by atoms with E-state index in [-0.39, 0.29) is 26.9 Å². The van der Waals surface area contributed by atoms with Gasteiger partial charge in [0.15, 0.2) is 0 Å². The van der Waals surface area contributed by atoms with Crippen LogP contribution in [0.1, 0.15) is 41.5 Å². The highest BCUT2D eigenvalue weighted by molar-refractivity contribution is 7.85. The average molecular weight is 291 g/mol. The Bertz CT molecular complexity index is 288. The van der Waals surface area contributed by atoms with Crippen LogP contribution in [0.2, 0.25) is 0 Å². The molecule has 0 saturated carbocycles. The fraction of sp³-hybridized carbons (Fsp3) is 1.00. The van der Waals surface area contributed by atoms with Gasteiger partial charge in [-0.1, -0.05) is 27.7 Å². The Labute approximate surface area is 124 Å². The third kappa shape index (κ3) is 4.06. The molecule has 2 N–H and O–H groups in total. The van der Waals surface area contributed by atoms with Crippen molar-refractivity contribution in [2.75, 3.05) is 19.6 Å². The molecule has 2 unspecified atom stereocenters. The molecule has 2 atom stereocenters. The average Bonchev–Trinajstić information content (AvgIpc) is 2.23. The lowest BCUT2D eigenvalue weighted by Gasteiger charge is -2.45. The van der Waals surface area contributed by atoms with E-state index in [4.69, 9.17) is 25.3 Å². The van der Waals surface area contributed by atoms with Crippen molar-refractivity contribution in [1.82, 2.24) is 10.6 Å². The van der Waals surface area contributed by atoms with Gasteiger partial charge >= 0.3 is 0 Å². The molecule has 1 aliphatic rings. The van der Waals surface area contributed by atoms with Crippen LogP contribution in [0.25, 0.3) is 0 Å². The van der Waals surface area contributed by atoms with Crippen LogP contribution in [-0.4, -0.2) is 35.7 Å². The van der Waals surface area contributed by atoms with Gasteiger partial charge in [-0.25, -0.2) is 0 Å². The molecule has 108 valence electrons. The molecule has 1 rings (SSSR count). The maximum absolute atomic E-state index is 4.86. The smallest absolute Gasteiger partial charge is 0.0249 e. The summed E-state index contributed by atoms with van der Waals surface area (Å²) in [5.41, 5.74) is 0.381. The molecule has 0 amide bonds. The molecule has 0 aliphatic carbocycles. The minimum Gasteiger partial charge on any atom is -0.314 e. The molecular formula is C14H30N2S2. The monoisotopic (exact) mass is 290 g/mol. The molecule has 0 bridgehead atoms. The van der Waals surface area contributed by atoms with Gasteiger partial charge in [0.05, 0.1) is 0 Å². The molecule has 0 aromatic rings. The van der Waals surface area contributed by atoms with Crippen LogP contribution < -0.4 is 10.6 Å². The van der Waals surface area contributed by atoms with Gasteiger partial charge in [0, 0.05) is 35.7 Å². The third-order valence-corrected chi connectivity index (χ3v) is 6.30. The highest BCUT2D eigenvalue weighted by Gasteiger charge is 2.40. The van der Waals surface area contributed by atoms with Gasteiger partial charge in [0.2, 0.25) is 0 Å². The summed E-state index contributed by atoms with van der Waals surface area (Å²) >= 11 is 9.71. The van der Waals surface area contributed by atoms with Crippen LogP contribution in [0.15, 0.2) is 0 Å². The lowest BCUT2D eigenvalue weighted by molar-refractivity contribution is 0.202. The standard InChI is InChI=1S/C14H30N2S2/c1-12(2)7-15-9-14(5,6)16-8-13(3,4)11(18)10(12)17/h10-11,15-18H,7-9H2,1-6H3. The molecule has 2 nitrogen and oxygen atoms in total. The molecule has 1 saturated heterocycles. The largest absolute Gasteiger partial charge is 0.314 e. The molecule has 1 aliphatic heterocycles. The fourth-order valence-electron chi connectivity index (χ4n) is 2.29. The van der Waals surface area contributed by atoms with Crippen LogP contribution >= 0.6 is 25.3 Å². The normalized spacial score (nSPS) is 36.0. The molecule has 18 heavy (non-hydrogen) atoms. The van der Waals surface area contributed by atoms with Crippen LogP contribution in [0.3, 0.4) is 0 Å². The van der Waals surface area contributed by atoms with Crippen molar-refractivity contribution in [1.29, 1.82) is 0 Å². The van der Waals surface area contributed by atoms with Crippen molar-refractivity contribution in [3.63, 3.8) is 0 Å². The zero-order chi connectivity index (χ0) is 14.2. The maximum Gasteiger partial charge on any atom is 0.0249 e. The number of hydrogen-bond acceptors (Lipinski definition) is 4. The van der Waals surface area contributed by atoms with E-state index in [9.17, 15) is 0 Å². The van der Waals surface area contributed by atoms with E-state index in [0.717, 1.165) is 19.6 Å². The first kappa shape index (κ1) is 16.7. The molecule has 0 spiro atoms. The first-order valence-electron chi connectivity index (χ1n) is 6.80. The van der Waals surface area contributed by atoms with E-state index < -0.39 is 0 Å². The second-order valence-corrected chi connectivity index (χ2v) is 8.82. The predicted octanol–water partition coefficient (Wildman–Crippen LogP) is 2.61. The van der Waals surface area contributed by atoms with Crippen molar-refractivity contribution >= 4 is 25.3 Å². The Hall–Kier alpha value is 0.620. The number of hydrogen-bond donors (Lipinski definition) is 4. The third-order valence-electron chi connectivity index (χ3n) is 4.07. The highest BCUT2D eigenvalue weighted by atomic mass is 32.1. The Kier molecular flexibility index (Phi) is 5.14. The molecule has 0 radical (unpaired) electrons. The maximum atomic E-state index is 4.86. The van der Waals surface area contributed by atoms with Gasteiger partial charge in [-0.05, 0) is 24.7 Å². The molecule has 0 aromatic carbocycles. The van der Waals surface area contributed by atoms with E-state index in [1.807, 2.05) is 0 Å². The molecule has 0 aromatic heterocycles. The van der Waals surface area contributed by atoms with E-state index in [2.05, 4.69) is 52.2 Å². The van der Waals surface area contributed by atoms with Gasteiger partial charge in [-0.3, -0.25) is 0 Å². The van der Waals surface area contributed by atoms with Crippen LogP contribution in [0, 0.1) is 10.8 Å². The minimum atomic E-state index is 0.115. The van der Waals surface area contributed by atoms with Gasteiger partial charge in [-0.2, -0.15) is 25.3 Å². The second kappa shape index (κ2) is 5.55. The van der Waals surface area contributed by atoms with Gasteiger partial charge < -0.3 is 10.6 Å². The minimum absolute atomic E-state index is 0.115. The number of rotatable bonds is 0. The van der Waals surface area contributed by atoms with Crippen LogP contribution in [-0.2, 0) is 0 Å². The Morgan fingerprint density at radius 2 is 1.22 bits per heavy atom. The van der Waals surface area contributed by atoms with E-state index in [1.165, 1.54) is 0 Å². The van der Waals surface area contributed by atoms with Crippen LogP contribution in [0.5, 0.6) is 0 Å². The van der Waals surface area contributed by atoms with Crippen molar-refractivity contribution in [2.45, 2.75) is 57.6 Å². The number of nitrogens with one attached hydrogen (secondary N) is 2. The fourth-order valence-corrected chi connectivity index (χ4v) is 3.28. The summed E-state index contributed by atoms with van der Waals surface area (Å²) in [5, 5.41) is 7.75. The van der Waals surface area contributed by atoms with E-state index >= 15 is 0 Å². The van der Waals surface area contributed by atoms with E-state index in [0.29, 0.717) is 0 Å². The van der Waals surface area contributed by atoms with Crippen molar-refractivity contribution < 1.29 is 0 Å². The van der Waals surface area contributed by atoms with Crippen molar-refractivity contribution in [3.8, 4) is 0 Å². The summed E-state index contributed by atoms with van der Waals surface area (Å²) in [5.74, 6) is 0.